The maximum absolute atomic E-state index is 10.0. The van der Waals surface area contributed by atoms with Gasteiger partial charge in [0.15, 0.2) is 0 Å². The van der Waals surface area contributed by atoms with Crippen LogP contribution in [0, 0.1) is 0 Å². The van der Waals surface area contributed by atoms with Crippen molar-refractivity contribution in [2.45, 2.75) is 6.42 Å². The van der Waals surface area contributed by atoms with Gasteiger partial charge in [0, 0.05) is 31.2 Å². The Morgan fingerprint density at radius 1 is 1.46 bits per heavy atom. The van der Waals surface area contributed by atoms with E-state index in [1.54, 1.807) is 11.8 Å². The van der Waals surface area contributed by atoms with E-state index in [0.29, 0.717) is 0 Å². The van der Waals surface area contributed by atoms with Crippen molar-refractivity contribution in [2.75, 3.05) is 24.7 Å². The van der Waals surface area contributed by atoms with Crippen molar-refractivity contribution in [3.05, 3.63) is 12.3 Å². The SMILES string of the molecule is O=C(O)/C=C/NCCSCCCO. The van der Waals surface area contributed by atoms with Gasteiger partial charge in [0.2, 0.25) is 0 Å². The molecule has 0 amide bonds. The van der Waals surface area contributed by atoms with E-state index < -0.39 is 5.97 Å². The Hall–Kier alpha value is -0.680. The van der Waals surface area contributed by atoms with Crippen molar-refractivity contribution in [1.29, 1.82) is 0 Å². The van der Waals surface area contributed by atoms with E-state index in [1.165, 1.54) is 6.20 Å². The van der Waals surface area contributed by atoms with Crippen LogP contribution >= 0.6 is 11.8 Å². The Morgan fingerprint density at radius 2 is 2.23 bits per heavy atom. The fraction of sp³-hybridized carbons (Fsp3) is 0.625. The van der Waals surface area contributed by atoms with Crippen LogP contribution in [0.5, 0.6) is 0 Å². The van der Waals surface area contributed by atoms with Crippen LogP contribution in [-0.4, -0.2) is 40.8 Å². The highest BCUT2D eigenvalue weighted by Crippen LogP contribution is 1.99. The predicted octanol–water partition coefficient (Wildman–Crippen LogP) is 0.290. The Labute approximate surface area is 82.0 Å². The van der Waals surface area contributed by atoms with Gasteiger partial charge < -0.3 is 15.5 Å². The van der Waals surface area contributed by atoms with Gasteiger partial charge in [-0.3, -0.25) is 0 Å². The molecule has 0 bridgehead atoms. The van der Waals surface area contributed by atoms with Crippen LogP contribution in [0.3, 0.4) is 0 Å². The summed E-state index contributed by atoms with van der Waals surface area (Å²) in [6, 6.07) is 0. The predicted molar refractivity (Wildman–Crippen MR) is 53.8 cm³/mol. The number of aliphatic hydroxyl groups excluding tert-OH is 1. The molecule has 0 saturated carbocycles. The molecule has 0 fully saturated rings. The van der Waals surface area contributed by atoms with Crippen LogP contribution in [-0.2, 0) is 4.79 Å². The van der Waals surface area contributed by atoms with Crippen LogP contribution in [0.1, 0.15) is 6.42 Å². The van der Waals surface area contributed by atoms with Crippen LogP contribution in [0.4, 0.5) is 0 Å². The van der Waals surface area contributed by atoms with E-state index in [9.17, 15) is 4.79 Å². The van der Waals surface area contributed by atoms with E-state index >= 15 is 0 Å². The van der Waals surface area contributed by atoms with Crippen molar-refractivity contribution >= 4 is 17.7 Å². The molecule has 0 aromatic heterocycles. The first-order chi connectivity index (χ1) is 6.27. The minimum absolute atomic E-state index is 0.235. The number of carboxylic acid groups (broad SMARTS) is 1. The average molecular weight is 205 g/mol. The summed E-state index contributed by atoms with van der Waals surface area (Å²) in [7, 11) is 0. The first-order valence-corrected chi connectivity index (χ1v) is 5.24. The van der Waals surface area contributed by atoms with Gasteiger partial charge in [-0.15, -0.1) is 0 Å². The number of hydrogen-bond acceptors (Lipinski definition) is 4. The molecular formula is C8H15NO3S. The summed E-state index contributed by atoms with van der Waals surface area (Å²) in [6.07, 6.45) is 3.31. The first-order valence-electron chi connectivity index (χ1n) is 4.09. The van der Waals surface area contributed by atoms with Crippen molar-refractivity contribution in [3.63, 3.8) is 0 Å². The number of rotatable bonds is 8. The summed E-state index contributed by atoms with van der Waals surface area (Å²) in [5.41, 5.74) is 0. The number of aliphatic carboxylic acids is 1. The highest BCUT2D eigenvalue weighted by atomic mass is 32.2. The molecule has 0 radical (unpaired) electrons. The Morgan fingerprint density at radius 3 is 2.85 bits per heavy atom. The highest BCUT2D eigenvalue weighted by Gasteiger charge is 1.88. The summed E-state index contributed by atoms with van der Waals surface area (Å²) in [6.45, 7) is 0.985. The van der Waals surface area contributed by atoms with Crippen molar-refractivity contribution in [3.8, 4) is 0 Å². The van der Waals surface area contributed by atoms with E-state index in [1.807, 2.05) is 0 Å². The zero-order valence-corrected chi connectivity index (χ0v) is 8.22. The van der Waals surface area contributed by atoms with Gasteiger partial charge in [-0.2, -0.15) is 11.8 Å². The molecule has 5 heteroatoms. The van der Waals surface area contributed by atoms with Crippen molar-refractivity contribution in [1.82, 2.24) is 5.32 Å². The topological polar surface area (TPSA) is 69.6 Å². The zero-order valence-electron chi connectivity index (χ0n) is 7.40. The maximum atomic E-state index is 10.0. The van der Waals surface area contributed by atoms with Crippen LogP contribution in [0.15, 0.2) is 12.3 Å². The van der Waals surface area contributed by atoms with Crippen LogP contribution in [0.25, 0.3) is 0 Å². The summed E-state index contributed by atoms with van der Waals surface area (Å²) in [5, 5.41) is 19.5. The molecule has 0 spiro atoms. The third-order valence-electron chi connectivity index (χ3n) is 1.18. The Kier molecular flexibility index (Phi) is 8.92. The number of carboxylic acids is 1. The molecule has 0 saturated heterocycles. The second kappa shape index (κ2) is 9.41. The number of aliphatic hydroxyl groups is 1. The molecule has 0 rings (SSSR count). The lowest BCUT2D eigenvalue weighted by atomic mass is 10.5. The number of nitrogens with one attached hydrogen (secondary N) is 1. The average Bonchev–Trinajstić information content (AvgIpc) is 2.09. The van der Waals surface area contributed by atoms with Crippen LogP contribution in [0.2, 0.25) is 0 Å². The molecule has 76 valence electrons. The lowest BCUT2D eigenvalue weighted by Gasteiger charge is -1.99. The molecule has 13 heavy (non-hydrogen) atoms. The Bertz CT molecular complexity index is 161. The molecule has 0 heterocycles. The second-order valence-corrected chi connectivity index (χ2v) is 3.54. The molecule has 0 aliphatic heterocycles. The molecule has 0 aliphatic rings. The molecule has 0 unspecified atom stereocenters. The van der Waals surface area contributed by atoms with Crippen molar-refractivity contribution in [2.24, 2.45) is 0 Å². The highest BCUT2D eigenvalue weighted by molar-refractivity contribution is 7.99. The van der Waals surface area contributed by atoms with Gasteiger partial charge in [0.1, 0.15) is 0 Å². The first kappa shape index (κ1) is 12.3. The largest absolute Gasteiger partial charge is 0.478 e. The van der Waals surface area contributed by atoms with E-state index in [2.05, 4.69) is 5.32 Å². The molecule has 0 aromatic carbocycles. The summed E-state index contributed by atoms with van der Waals surface area (Å²) in [5.74, 6) is 0.922. The third kappa shape index (κ3) is 11.3. The molecule has 0 atom stereocenters. The number of hydrogen-bond donors (Lipinski definition) is 3. The number of thioether (sulfide) groups is 1. The maximum Gasteiger partial charge on any atom is 0.329 e. The van der Waals surface area contributed by atoms with Gasteiger partial charge >= 0.3 is 5.97 Å². The molecule has 0 aromatic rings. The summed E-state index contributed by atoms with van der Waals surface area (Å²) in [4.78, 5) is 10.0. The van der Waals surface area contributed by atoms with Crippen molar-refractivity contribution < 1.29 is 15.0 Å². The number of carbonyl (C=O) groups is 1. The van der Waals surface area contributed by atoms with Gasteiger partial charge in [-0.25, -0.2) is 4.79 Å². The van der Waals surface area contributed by atoms with Gasteiger partial charge in [-0.05, 0) is 12.2 Å². The minimum atomic E-state index is -0.944. The second-order valence-electron chi connectivity index (χ2n) is 2.32. The minimum Gasteiger partial charge on any atom is -0.478 e. The monoisotopic (exact) mass is 205 g/mol. The molecule has 3 N–H and O–H groups in total. The van der Waals surface area contributed by atoms with E-state index in [4.69, 9.17) is 10.2 Å². The van der Waals surface area contributed by atoms with E-state index in [-0.39, 0.29) is 6.61 Å². The third-order valence-corrected chi connectivity index (χ3v) is 2.25. The van der Waals surface area contributed by atoms with Gasteiger partial charge in [0.25, 0.3) is 0 Å². The zero-order chi connectivity index (χ0) is 9.94. The van der Waals surface area contributed by atoms with Gasteiger partial charge in [-0.1, -0.05) is 0 Å². The Balaban J connectivity index is 3.03. The van der Waals surface area contributed by atoms with E-state index in [0.717, 1.165) is 30.5 Å². The molecule has 0 aliphatic carbocycles. The fourth-order valence-corrected chi connectivity index (χ4v) is 1.41. The summed E-state index contributed by atoms with van der Waals surface area (Å²) >= 11 is 1.73. The quantitative estimate of drug-likeness (QED) is 0.392. The standard InChI is InChI=1S/C8H15NO3S/c10-5-1-6-13-7-4-9-3-2-8(11)12/h2-3,9-10H,1,4-7H2,(H,11,12)/b3-2+. The van der Waals surface area contributed by atoms with Crippen LogP contribution < -0.4 is 5.32 Å². The molecule has 4 nitrogen and oxygen atoms in total. The molecular weight excluding hydrogens is 190 g/mol. The fourth-order valence-electron chi connectivity index (χ4n) is 0.613. The van der Waals surface area contributed by atoms with Gasteiger partial charge in [0.05, 0.1) is 0 Å². The lowest BCUT2D eigenvalue weighted by molar-refractivity contribution is -0.131. The smallest absolute Gasteiger partial charge is 0.329 e. The summed E-state index contributed by atoms with van der Waals surface area (Å²) < 4.78 is 0. The normalized spacial score (nSPS) is 10.5. The lowest BCUT2D eigenvalue weighted by Crippen LogP contribution is -2.10.